The molecule has 1 N–H and O–H groups in total. The minimum absolute atomic E-state index is 0.00817. The molecule has 1 amide bonds. The van der Waals surface area contributed by atoms with Crippen molar-refractivity contribution in [2.75, 3.05) is 11.4 Å². The zero-order valence-corrected chi connectivity index (χ0v) is 8.43. The Hall–Kier alpha value is -2.17. The van der Waals surface area contributed by atoms with Crippen LogP contribution in [0.1, 0.15) is 6.42 Å². The van der Waals surface area contributed by atoms with E-state index < -0.39 is 0 Å². The third-order valence-electron chi connectivity index (χ3n) is 2.74. The van der Waals surface area contributed by atoms with Crippen molar-refractivity contribution in [1.82, 2.24) is 10.2 Å². The SMILES string of the molecule is O=C1CC(=O)N(c2cccc3[nH]ncc23)C1. The number of carbonyl (C=O) groups is 2. The molecule has 3 rings (SSSR count). The summed E-state index contributed by atoms with van der Waals surface area (Å²) in [5.74, 6) is -0.177. The number of Topliss-reactive ketones (excluding diaryl/α,β-unsaturated/α-hetero) is 1. The van der Waals surface area contributed by atoms with Crippen LogP contribution in [0, 0.1) is 0 Å². The molecule has 1 fully saturated rings. The lowest BCUT2D eigenvalue weighted by atomic mass is 10.2. The molecular weight excluding hydrogens is 206 g/mol. The Morgan fingerprint density at radius 1 is 1.31 bits per heavy atom. The largest absolute Gasteiger partial charge is 0.304 e. The maximum atomic E-state index is 11.6. The van der Waals surface area contributed by atoms with Gasteiger partial charge in [-0.15, -0.1) is 0 Å². The smallest absolute Gasteiger partial charge is 0.234 e. The molecule has 5 heteroatoms. The van der Waals surface area contributed by atoms with Crippen LogP contribution in [-0.2, 0) is 9.59 Å². The second-order valence-electron chi connectivity index (χ2n) is 3.80. The summed E-state index contributed by atoms with van der Waals surface area (Å²) in [6.07, 6.45) is 1.68. The first-order valence-electron chi connectivity index (χ1n) is 5.00. The van der Waals surface area contributed by atoms with E-state index in [0.29, 0.717) is 0 Å². The van der Waals surface area contributed by atoms with Gasteiger partial charge in [-0.2, -0.15) is 5.10 Å². The molecule has 1 aliphatic heterocycles. The maximum Gasteiger partial charge on any atom is 0.234 e. The Morgan fingerprint density at radius 2 is 2.19 bits per heavy atom. The predicted molar refractivity (Wildman–Crippen MR) is 58.1 cm³/mol. The lowest BCUT2D eigenvalue weighted by molar-refractivity contribution is -0.121. The monoisotopic (exact) mass is 215 g/mol. The van der Waals surface area contributed by atoms with Gasteiger partial charge in [0.2, 0.25) is 5.91 Å². The first-order valence-corrected chi connectivity index (χ1v) is 5.00. The molecule has 0 atom stereocenters. The van der Waals surface area contributed by atoms with E-state index in [1.54, 1.807) is 6.20 Å². The minimum atomic E-state index is -0.140. The highest BCUT2D eigenvalue weighted by Crippen LogP contribution is 2.27. The number of anilines is 1. The molecule has 80 valence electrons. The van der Waals surface area contributed by atoms with Crippen LogP contribution in [0.4, 0.5) is 5.69 Å². The van der Waals surface area contributed by atoms with Crippen molar-refractivity contribution in [2.45, 2.75) is 6.42 Å². The van der Waals surface area contributed by atoms with Crippen molar-refractivity contribution in [3.05, 3.63) is 24.4 Å². The normalized spacial score (nSPS) is 16.4. The number of rotatable bonds is 1. The van der Waals surface area contributed by atoms with Crippen LogP contribution in [0.3, 0.4) is 0 Å². The van der Waals surface area contributed by atoms with E-state index in [9.17, 15) is 9.59 Å². The van der Waals surface area contributed by atoms with Gasteiger partial charge in [-0.25, -0.2) is 0 Å². The van der Waals surface area contributed by atoms with Crippen LogP contribution in [0.2, 0.25) is 0 Å². The highest BCUT2D eigenvalue weighted by Gasteiger charge is 2.29. The average molecular weight is 215 g/mol. The Morgan fingerprint density at radius 3 is 2.94 bits per heavy atom. The Bertz CT molecular complexity index is 588. The first-order chi connectivity index (χ1) is 7.75. The van der Waals surface area contributed by atoms with Gasteiger partial charge in [0.05, 0.1) is 30.4 Å². The molecule has 1 saturated heterocycles. The van der Waals surface area contributed by atoms with Gasteiger partial charge in [-0.05, 0) is 12.1 Å². The number of aromatic amines is 1. The van der Waals surface area contributed by atoms with E-state index in [0.717, 1.165) is 16.6 Å². The molecule has 1 aliphatic rings. The Labute approximate surface area is 91.0 Å². The Balaban J connectivity index is 2.15. The number of ketones is 1. The minimum Gasteiger partial charge on any atom is -0.304 e. The standard InChI is InChI=1S/C11H9N3O2/c15-7-4-11(16)14(6-7)10-3-1-2-9-8(10)5-12-13-9/h1-3,5H,4,6H2,(H,12,13). The number of benzene rings is 1. The van der Waals surface area contributed by atoms with Gasteiger partial charge in [-0.3, -0.25) is 14.7 Å². The maximum absolute atomic E-state index is 11.6. The number of H-pyrrole nitrogens is 1. The summed E-state index contributed by atoms with van der Waals surface area (Å²) in [6, 6.07) is 5.55. The van der Waals surface area contributed by atoms with Crippen LogP contribution in [0.25, 0.3) is 10.9 Å². The van der Waals surface area contributed by atoms with Gasteiger partial charge in [0.1, 0.15) is 0 Å². The molecule has 0 radical (unpaired) electrons. The van der Waals surface area contributed by atoms with Crippen LogP contribution >= 0.6 is 0 Å². The molecule has 0 unspecified atom stereocenters. The van der Waals surface area contributed by atoms with Crippen molar-refractivity contribution < 1.29 is 9.59 Å². The summed E-state index contributed by atoms with van der Waals surface area (Å²) >= 11 is 0. The molecule has 0 saturated carbocycles. The van der Waals surface area contributed by atoms with Crippen molar-refractivity contribution in [2.24, 2.45) is 0 Å². The molecule has 2 heterocycles. The van der Waals surface area contributed by atoms with Crippen LogP contribution < -0.4 is 4.90 Å². The third kappa shape index (κ3) is 1.21. The number of amides is 1. The number of nitrogens with one attached hydrogen (secondary N) is 1. The second kappa shape index (κ2) is 3.16. The highest BCUT2D eigenvalue weighted by atomic mass is 16.2. The van der Waals surface area contributed by atoms with Gasteiger partial charge in [0.25, 0.3) is 0 Å². The van der Waals surface area contributed by atoms with Crippen LogP contribution in [0.15, 0.2) is 24.4 Å². The van der Waals surface area contributed by atoms with E-state index in [1.165, 1.54) is 4.90 Å². The fraction of sp³-hybridized carbons (Fsp3) is 0.182. The fourth-order valence-electron chi connectivity index (χ4n) is 1.99. The lowest BCUT2D eigenvalue weighted by Gasteiger charge is -2.15. The average Bonchev–Trinajstić information content (AvgIpc) is 2.84. The van der Waals surface area contributed by atoms with E-state index in [-0.39, 0.29) is 24.7 Å². The van der Waals surface area contributed by atoms with Gasteiger partial charge < -0.3 is 4.90 Å². The second-order valence-corrected chi connectivity index (χ2v) is 3.80. The van der Waals surface area contributed by atoms with Crippen molar-refractivity contribution in [3.8, 4) is 0 Å². The van der Waals surface area contributed by atoms with E-state index >= 15 is 0 Å². The van der Waals surface area contributed by atoms with Crippen LogP contribution in [0.5, 0.6) is 0 Å². The van der Waals surface area contributed by atoms with Gasteiger partial charge in [0.15, 0.2) is 5.78 Å². The van der Waals surface area contributed by atoms with Gasteiger partial charge in [0, 0.05) is 5.39 Å². The number of aromatic nitrogens is 2. The summed E-state index contributed by atoms with van der Waals surface area (Å²) in [5.41, 5.74) is 1.62. The quantitative estimate of drug-likeness (QED) is 0.718. The third-order valence-corrected chi connectivity index (χ3v) is 2.74. The summed E-state index contributed by atoms with van der Waals surface area (Å²) in [7, 11) is 0. The number of carbonyl (C=O) groups excluding carboxylic acids is 2. The molecule has 0 aliphatic carbocycles. The Kier molecular flexibility index (Phi) is 1.80. The summed E-state index contributed by atoms with van der Waals surface area (Å²) in [6.45, 7) is 0.170. The van der Waals surface area contributed by atoms with E-state index in [1.807, 2.05) is 18.2 Å². The zero-order valence-electron chi connectivity index (χ0n) is 8.43. The number of fused-ring (bicyclic) bond motifs is 1. The molecule has 0 bridgehead atoms. The van der Waals surface area contributed by atoms with Crippen molar-refractivity contribution in [3.63, 3.8) is 0 Å². The summed E-state index contributed by atoms with van der Waals surface area (Å²) in [5, 5.41) is 7.63. The zero-order chi connectivity index (χ0) is 11.1. The molecular formula is C11H9N3O2. The topological polar surface area (TPSA) is 66.1 Å². The lowest BCUT2D eigenvalue weighted by Crippen LogP contribution is -2.24. The fourth-order valence-corrected chi connectivity index (χ4v) is 1.99. The number of hydrogen-bond acceptors (Lipinski definition) is 3. The number of nitrogens with zero attached hydrogens (tertiary/aromatic N) is 2. The molecule has 1 aromatic carbocycles. The first kappa shape index (κ1) is 9.08. The summed E-state index contributed by atoms with van der Waals surface area (Å²) < 4.78 is 0. The molecule has 0 spiro atoms. The van der Waals surface area contributed by atoms with Gasteiger partial charge in [-0.1, -0.05) is 6.07 Å². The number of hydrogen-bond donors (Lipinski definition) is 1. The molecule has 16 heavy (non-hydrogen) atoms. The van der Waals surface area contributed by atoms with Crippen molar-refractivity contribution >= 4 is 28.3 Å². The predicted octanol–water partition coefficient (Wildman–Crippen LogP) is 0.869. The van der Waals surface area contributed by atoms with E-state index in [2.05, 4.69) is 10.2 Å². The van der Waals surface area contributed by atoms with Crippen molar-refractivity contribution in [1.29, 1.82) is 0 Å². The summed E-state index contributed by atoms with van der Waals surface area (Å²) in [4.78, 5) is 24.4. The van der Waals surface area contributed by atoms with Crippen LogP contribution in [-0.4, -0.2) is 28.4 Å². The molecule has 1 aromatic heterocycles. The van der Waals surface area contributed by atoms with Gasteiger partial charge >= 0.3 is 0 Å². The highest BCUT2D eigenvalue weighted by molar-refractivity contribution is 6.17. The molecule has 5 nitrogen and oxygen atoms in total. The molecule has 2 aromatic rings. The van der Waals surface area contributed by atoms with E-state index in [4.69, 9.17) is 0 Å².